The van der Waals surface area contributed by atoms with E-state index in [0.717, 1.165) is 11.3 Å². The highest BCUT2D eigenvalue weighted by Crippen LogP contribution is 2.12. The minimum Gasteiger partial charge on any atom is -0.497 e. The summed E-state index contributed by atoms with van der Waals surface area (Å²) in [6.45, 7) is 0. The topological polar surface area (TPSA) is 33.1 Å². The van der Waals surface area contributed by atoms with Crippen LogP contribution in [0.1, 0.15) is 5.56 Å². The summed E-state index contributed by atoms with van der Waals surface area (Å²) < 4.78 is 4.99. The molecule has 0 unspecified atom stereocenters. The molecule has 0 saturated carbocycles. The van der Waals surface area contributed by atoms with Gasteiger partial charge in [-0.3, -0.25) is 5.41 Å². The number of hydrogen-bond acceptors (Lipinski definition) is 2. The standard InChI is InChI=1S/C9H10ClNO/c1-12-8-4-2-7(3-5-8)6-9(10)11/h2-5,11H,6H2,1H3. The lowest BCUT2D eigenvalue weighted by Crippen LogP contribution is -1.92. The van der Waals surface area contributed by atoms with Crippen molar-refractivity contribution < 1.29 is 4.74 Å². The van der Waals surface area contributed by atoms with Gasteiger partial charge in [0.1, 0.15) is 10.9 Å². The number of halogens is 1. The molecule has 1 aromatic carbocycles. The number of ether oxygens (including phenoxy) is 1. The van der Waals surface area contributed by atoms with Crippen LogP contribution in [0.2, 0.25) is 0 Å². The Morgan fingerprint density at radius 1 is 1.42 bits per heavy atom. The average molecular weight is 184 g/mol. The highest BCUT2D eigenvalue weighted by molar-refractivity contribution is 6.64. The molecule has 0 aliphatic heterocycles. The average Bonchev–Trinajstić information content (AvgIpc) is 2.05. The van der Waals surface area contributed by atoms with Gasteiger partial charge in [-0.2, -0.15) is 0 Å². The van der Waals surface area contributed by atoms with Crippen LogP contribution in [0.4, 0.5) is 0 Å². The van der Waals surface area contributed by atoms with E-state index in [1.54, 1.807) is 7.11 Å². The highest BCUT2D eigenvalue weighted by Gasteiger charge is 1.96. The van der Waals surface area contributed by atoms with Crippen LogP contribution in [0.15, 0.2) is 24.3 Å². The van der Waals surface area contributed by atoms with Crippen LogP contribution in [0.25, 0.3) is 0 Å². The van der Waals surface area contributed by atoms with Crippen molar-refractivity contribution in [2.24, 2.45) is 0 Å². The molecule has 0 radical (unpaired) electrons. The van der Waals surface area contributed by atoms with Crippen LogP contribution in [0.5, 0.6) is 5.75 Å². The maximum absolute atomic E-state index is 7.06. The first-order valence-electron chi connectivity index (χ1n) is 3.58. The molecule has 0 saturated heterocycles. The predicted octanol–water partition coefficient (Wildman–Crippen LogP) is 2.45. The third kappa shape index (κ3) is 2.55. The number of methoxy groups -OCH3 is 1. The van der Waals surface area contributed by atoms with Gasteiger partial charge in [0, 0.05) is 6.42 Å². The number of rotatable bonds is 3. The van der Waals surface area contributed by atoms with E-state index in [-0.39, 0.29) is 5.17 Å². The summed E-state index contributed by atoms with van der Waals surface area (Å²) in [6, 6.07) is 7.51. The van der Waals surface area contributed by atoms with Crippen LogP contribution < -0.4 is 4.74 Å². The Balaban J connectivity index is 2.71. The summed E-state index contributed by atoms with van der Waals surface area (Å²) in [4.78, 5) is 0. The molecule has 0 aliphatic carbocycles. The molecule has 0 atom stereocenters. The second-order valence-corrected chi connectivity index (χ2v) is 2.89. The molecule has 1 N–H and O–H groups in total. The Kier molecular flexibility index (Phi) is 3.11. The Hall–Kier alpha value is -1.02. The molecule has 1 aromatic rings. The zero-order valence-electron chi connectivity index (χ0n) is 6.80. The van der Waals surface area contributed by atoms with Crippen LogP contribution in [0, 0.1) is 5.41 Å². The van der Waals surface area contributed by atoms with Crippen molar-refractivity contribution >= 4 is 16.8 Å². The second kappa shape index (κ2) is 4.12. The van der Waals surface area contributed by atoms with Crippen molar-refractivity contribution in [2.75, 3.05) is 7.11 Å². The molecule has 0 fully saturated rings. The molecule has 3 heteroatoms. The minimum absolute atomic E-state index is 0.153. The largest absolute Gasteiger partial charge is 0.497 e. The lowest BCUT2D eigenvalue weighted by Gasteiger charge is -2.00. The van der Waals surface area contributed by atoms with E-state index in [2.05, 4.69) is 0 Å². The SMILES string of the molecule is COc1ccc(CC(=N)Cl)cc1. The maximum atomic E-state index is 7.06. The van der Waals surface area contributed by atoms with E-state index in [1.165, 1.54) is 0 Å². The Morgan fingerprint density at radius 3 is 2.42 bits per heavy atom. The Morgan fingerprint density at radius 2 is 2.00 bits per heavy atom. The van der Waals surface area contributed by atoms with Gasteiger partial charge in [-0.1, -0.05) is 23.7 Å². The van der Waals surface area contributed by atoms with Gasteiger partial charge in [0.25, 0.3) is 0 Å². The van der Waals surface area contributed by atoms with Crippen LogP contribution >= 0.6 is 11.6 Å². The van der Waals surface area contributed by atoms with Gasteiger partial charge in [0.2, 0.25) is 0 Å². The summed E-state index contributed by atoms with van der Waals surface area (Å²) >= 11 is 5.44. The summed E-state index contributed by atoms with van der Waals surface area (Å²) in [5, 5.41) is 7.22. The zero-order valence-corrected chi connectivity index (χ0v) is 7.56. The summed E-state index contributed by atoms with van der Waals surface area (Å²) in [5.74, 6) is 0.819. The quantitative estimate of drug-likeness (QED) is 0.718. The van der Waals surface area contributed by atoms with Crippen LogP contribution in [-0.2, 0) is 6.42 Å². The second-order valence-electron chi connectivity index (χ2n) is 2.43. The van der Waals surface area contributed by atoms with Crippen molar-refractivity contribution in [3.8, 4) is 5.75 Å². The fourth-order valence-corrected chi connectivity index (χ4v) is 1.08. The third-order valence-corrected chi connectivity index (χ3v) is 1.65. The van der Waals surface area contributed by atoms with E-state index in [0.29, 0.717) is 6.42 Å². The van der Waals surface area contributed by atoms with E-state index < -0.39 is 0 Å². The number of benzene rings is 1. The van der Waals surface area contributed by atoms with Crippen molar-refractivity contribution in [3.05, 3.63) is 29.8 Å². The fourth-order valence-electron chi connectivity index (χ4n) is 0.923. The van der Waals surface area contributed by atoms with Crippen molar-refractivity contribution in [2.45, 2.75) is 6.42 Å². The number of hydrogen-bond donors (Lipinski definition) is 1. The third-order valence-electron chi connectivity index (χ3n) is 1.52. The summed E-state index contributed by atoms with van der Waals surface area (Å²) in [6.07, 6.45) is 0.492. The monoisotopic (exact) mass is 183 g/mol. The molecule has 0 bridgehead atoms. The summed E-state index contributed by atoms with van der Waals surface area (Å²) in [5.41, 5.74) is 1.02. The van der Waals surface area contributed by atoms with Crippen molar-refractivity contribution in [1.82, 2.24) is 0 Å². The Bertz CT molecular complexity index is 268. The summed E-state index contributed by atoms with van der Waals surface area (Å²) in [7, 11) is 1.62. The first-order valence-corrected chi connectivity index (χ1v) is 3.96. The molecular formula is C9H10ClNO. The van der Waals surface area contributed by atoms with Crippen molar-refractivity contribution in [1.29, 1.82) is 5.41 Å². The molecule has 2 nitrogen and oxygen atoms in total. The Labute approximate surface area is 76.6 Å². The molecule has 0 aliphatic rings. The van der Waals surface area contributed by atoms with Gasteiger partial charge in [-0.25, -0.2) is 0 Å². The molecule has 0 heterocycles. The molecule has 1 rings (SSSR count). The lowest BCUT2D eigenvalue weighted by molar-refractivity contribution is 0.414. The van der Waals surface area contributed by atoms with Gasteiger partial charge in [-0.05, 0) is 17.7 Å². The molecule has 12 heavy (non-hydrogen) atoms. The molecule has 0 amide bonds. The van der Waals surface area contributed by atoms with Gasteiger partial charge in [0.15, 0.2) is 0 Å². The highest BCUT2D eigenvalue weighted by atomic mass is 35.5. The van der Waals surface area contributed by atoms with E-state index in [9.17, 15) is 0 Å². The first kappa shape index (κ1) is 9.07. The minimum atomic E-state index is 0.153. The molecule has 64 valence electrons. The van der Waals surface area contributed by atoms with E-state index in [1.807, 2.05) is 24.3 Å². The van der Waals surface area contributed by atoms with Gasteiger partial charge >= 0.3 is 0 Å². The van der Waals surface area contributed by atoms with E-state index >= 15 is 0 Å². The number of nitrogens with one attached hydrogen (secondary N) is 1. The van der Waals surface area contributed by atoms with Gasteiger partial charge in [0.05, 0.1) is 7.11 Å². The normalized spacial score (nSPS) is 9.50. The maximum Gasteiger partial charge on any atom is 0.118 e. The molecule has 0 spiro atoms. The molecule has 0 aromatic heterocycles. The zero-order chi connectivity index (χ0) is 8.97. The first-order chi connectivity index (χ1) is 5.72. The predicted molar refractivity (Wildman–Crippen MR) is 50.3 cm³/mol. The smallest absolute Gasteiger partial charge is 0.118 e. The van der Waals surface area contributed by atoms with E-state index in [4.69, 9.17) is 21.7 Å². The lowest BCUT2D eigenvalue weighted by atomic mass is 10.1. The van der Waals surface area contributed by atoms with Gasteiger partial charge < -0.3 is 4.74 Å². The van der Waals surface area contributed by atoms with Crippen LogP contribution in [0.3, 0.4) is 0 Å². The van der Waals surface area contributed by atoms with Crippen molar-refractivity contribution in [3.63, 3.8) is 0 Å². The fraction of sp³-hybridized carbons (Fsp3) is 0.222. The van der Waals surface area contributed by atoms with Gasteiger partial charge in [-0.15, -0.1) is 0 Å². The van der Waals surface area contributed by atoms with Crippen LogP contribution in [-0.4, -0.2) is 12.3 Å². The molecular weight excluding hydrogens is 174 g/mol.